The minimum Gasteiger partial charge on any atom is -0.495 e. The first-order chi connectivity index (χ1) is 10.1. The van der Waals surface area contributed by atoms with Crippen molar-refractivity contribution < 1.29 is 9.66 Å². The third kappa shape index (κ3) is 4.89. The van der Waals surface area contributed by atoms with Crippen LogP contribution >= 0.6 is 0 Å². The SMILES string of the molecule is CC(Oc1ccc([N+](=O)[O-])cc1)[SiH2]C=Cc1ccccc1. The standard InChI is InChI=1S/C16H17NO3Si/c1-13(21-12-11-14-5-3-2-4-6-14)20-16-9-7-15(8-10-16)17(18)19/h2-13H,21H2,1H3. The Kier molecular flexibility index (Phi) is 5.28. The fraction of sp³-hybridized carbons (Fsp3) is 0.125. The number of ether oxygens (including phenoxy) is 1. The Bertz CT molecular complexity index is 611. The van der Waals surface area contributed by atoms with Gasteiger partial charge in [0.05, 0.1) is 20.2 Å². The van der Waals surface area contributed by atoms with Crippen molar-refractivity contribution in [1.29, 1.82) is 0 Å². The van der Waals surface area contributed by atoms with E-state index in [1.807, 2.05) is 25.1 Å². The van der Waals surface area contributed by atoms with E-state index in [1.54, 1.807) is 12.1 Å². The van der Waals surface area contributed by atoms with Gasteiger partial charge in [0, 0.05) is 12.1 Å². The molecule has 4 nitrogen and oxygen atoms in total. The van der Waals surface area contributed by atoms with Crippen LogP contribution < -0.4 is 4.74 Å². The average molecular weight is 299 g/mol. The summed E-state index contributed by atoms with van der Waals surface area (Å²) < 4.78 is 5.77. The van der Waals surface area contributed by atoms with Gasteiger partial charge in [0.1, 0.15) is 5.75 Å². The van der Waals surface area contributed by atoms with E-state index >= 15 is 0 Å². The number of rotatable bonds is 6. The minimum absolute atomic E-state index is 0.0798. The van der Waals surface area contributed by atoms with Gasteiger partial charge in [0.25, 0.3) is 5.69 Å². The fourth-order valence-electron chi connectivity index (χ4n) is 1.89. The molecule has 1 atom stereocenters. The molecule has 0 saturated heterocycles. The van der Waals surface area contributed by atoms with Gasteiger partial charge in [-0.25, -0.2) is 0 Å². The van der Waals surface area contributed by atoms with Gasteiger partial charge in [0.2, 0.25) is 0 Å². The van der Waals surface area contributed by atoms with E-state index in [9.17, 15) is 10.1 Å². The zero-order chi connectivity index (χ0) is 15.1. The van der Waals surface area contributed by atoms with Crippen LogP contribution in [0.2, 0.25) is 0 Å². The first kappa shape index (κ1) is 15.0. The molecule has 0 aliphatic rings. The maximum atomic E-state index is 10.6. The lowest BCUT2D eigenvalue weighted by molar-refractivity contribution is -0.384. The molecule has 0 aliphatic carbocycles. The number of nitrogens with zero attached hydrogens (tertiary/aromatic N) is 1. The summed E-state index contributed by atoms with van der Waals surface area (Å²) in [5.41, 5.74) is 3.61. The molecule has 0 spiro atoms. The van der Waals surface area contributed by atoms with Gasteiger partial charge in [-0.05, 0) is 24.6 Å². The summed E-state index contributed by atoms with van der Waals surface area (Å²) in [5.74, 6) is 0.675. The molecule has 0 radical (unpaired) electrons. The Hall–Kier alpha value is -2.40. The van der Waals surface area contributed by atoms with Gasteiger partial charge in [-0.2, -0.15) is 0 Å². The van der Waals surface area contributed by atoms with Crippen molar-refractivity contribution in [3.63, 3.8) is 0 Å². The molecule has 0 bridgehead atoms. The molecule has 2 rings (SSSR count). The van der Waals surface area contributed by atoms with Crippen molar-refractivity contribution in [3.05, 3.63) is 76.0 Å². The summed E-state index contributed by atoms with van der Waals surface area (Å²) in [7, 11) is -0.514. The van der Waals surface area contributed by atoms with Crippen molar-refractivity contribution >= 4 is 21.3 Å². The van der Waals surface area contributed by atoms with Gasteiger partial charge >= 0.3 is 0 Å². The van der Waals surface area contributed by atoms with Crippen LogP contribution in [0.4, 0.5) is 5.69 Å². The first-order valence-electron chi connectivity index (χ1n) is 6.78. The predicted octanol–water partition coefficient (Wildman–Crippen LogP) is 3.16. The number of hydrogen-bond donors (Lipinski definition) is 0. The van der Waals surface area contributed by atoms with Gasteiger partial charge in [-0.3, -0.25) is 10.1 Å². The van der Waals surface area contributed by atoms with Crippen molar-refractivity contribution in [3.8, 4) is 5.75 Å². The zero-order valence-corrected chi connectivity index (χ0v) is 13.2. The van der Waals surface area contributed by atoms with Crippen LogP contribution in [0.3, 0.4) is 0 Å². The highest BCUT2D eigenvalue weighted by atomic mass is 28.2. The van der Waals surface area contributed by atoms with E-state index in [2.05, 4.69) is 23.9 Å². The molecule has 2 aromatic carbocycles. The van der Waals surface area contributed by atoms with Crippen LogP contribution in [0.1, 0.15) is 12.5 Å². The van der Waals surface area contributed by atoms with Crippen molar-refractivity contribution in [2.45, 2.75) is 12.7 Å². The lowest BCUT2D eigenvalue weighted by Gasteiger charge is -2.12. The quantitative estimate of drug-likeness (QED) is 0.468. The van der Waals surface area contributed by atoms with Crippen molar-refractivity contribution in [2.24, 2.45) is 0 Å². The molecule has 2 aromatic rings. The molecule has 21 heavy (non-hydrogen) atoms. The smallest absolute Gasteiger partial charge is 0.269 e. The number of nitro benzene ring substituents is 1. The number of benzene rings is 2. The molecule has 0 N–H and O–H groups in total. The second-order valence-electron chi connectivity index (χ2n) is 4.73. The number of non-ortho nitro benzene ring substituents is 1. The first-order valence-corrected chi connectivity index (χ1v) is 8.41. The lowest BCUT2D eigenvalue weighted by atomic mass is 10.2. The maximum Gasteiger partial charge on any atom is 0.269 e. The molecule has 0 aliphatic heterocycles. The maximum absolute atomic E-state index is 10.6. The second kappa shape index (κ2) is 7.40. The molecule has 0 heterocycles. The zero-order valence-electron chi connectivity index (χ0n) is 11.8. The summed E-state index contributed by atoms with van der Waals surface area (Å²) in [4.78, 5) is 10.2. The van der Waals surface area contributed by atoms with Crippen LogP contribution in [-0.4, -0.2) is 20.2 Å². The Morgan fingerprint density at radius 1 is 1.14 bits per heavy atom. The van der Waals surface area contributed by atoms with Gasteiger partial charge in [0.15, 0.2) is 0 Å². The summed E-state index contributed by atoms with van der Waals surface area (Å²) in [6.45, 7) is 2.03. The van der Waals surface area contributed by atoms with E-state index in [4.69, 9.17) is 4.74 Å². The normalized spacial score (nSPS) is 12.8. The Labute approximate surface area is 126 Å². The molecule has 0 saturated carbocycles. The van der Waals surface area contributed by atoms with Gasteiger partial charge in [-0.1, -0.05) is 42.1 Å². The van der Waals surface area contributed by atoms with E-state index in [-0.39, 0.29) is 11.4 Å². The molecular weight excluding hydrogens is 282 g/mol. The van der Waals surface area contributed by atoms with Crippen molar-refractivity contribution in [2.75, 3.05) is 0 Å². The molecule has 0 amide bonds. The highest BCUT2D eigenvalue weighted by Gasteiger charge is 2.06. The highest BCUT2D eigenvalue weighted by molar-refractivity contribution is 6.44. The molecular formula is C16H17NO3Si. The van der Waals surface area contributed by atoms with Crippen LogP contribution in [-0.2, 0) is 0 Å². The van der Waals surface area contributed by atoms with Gasteiger partial charge in [-0.15, -0.1) is 0 Å². The lowest BCUT2D eigenvalue weighted by Crippen LogP contribution is -2.18. The van der Waals surface area contributed by atoms with E-state index < -0.39 is 14.4 Å². The highest BCUT2D eigenvalue weighted by Crippen LogP contribution is 2.18. The van der Waals surface area contributed by atoms with Crippen LogP contribution in [0.15, 0.2) is 60.3 Å². The summed E-state index contributed by atoms with van der Waals surface area (Å²) in [6.07, 6.45) is 2.11. The minimum atomic E-state index is -0.514. The van der Waals surface area contributed by atoms with Crippen LogP contribution in [0.5, 0.6) is 5.75 Å². The molecule has 0 fully saturated rings. The fourth-order valence-corrected chi connectivity index (χ4v) is 2.97. The monoisotopic (exact) mass is 299 g/mol. The third-order valence-corrected chi connectivity index (χ3v) is 4.30. The summed E-state index contributed by atoms with van der Waals surface area (Å²) in [6, 6.07) is 16.4. The Balaban J connectivity index is 1.85. The predicted molar refractivity (Wildman–Crippen MR) is 87.2 cm³/mol. The van der Waals surface area contributed by atoms with E-state index in [0.29, 0.717) is 5.75 Å². The van der Waals surface area contributed by atoms with Crippen LogP contribution in [0, 0.1) is 10.1 Å². The topological polar surface area (TPSA) is 52.4 Å². The van der Waals surface area contributed by atoms with E-state index in [1.165, 1.54) is 17.7 Å². The Morgan fingerprint density at radius 2 is 1.81 bits per heavy atom. The van der Waals surface area contributed by atoms with Crippen molar-refractivity contribution in [1.82, 2.24) is 0 Å². The summed E-state index contributed by atoms with van der Waals surface area (Å²) >= 11 is 0. The Morgan fingerprint density at radius 3 is 2.43 bits per heavy atom. The number of nitro groups is 1. The second-order valence-corrected chi connectivity index (χ2v) is 6.82. The van der Waals surface area contributed by atoms with E-state index in [0.717, 1.165) is 0 Å². The average Bonchev–Trinajstić information content (AvgIpc) is 2.49. The van der Waals surface area contributed by atoms with Gasteiger partial charge < -0.3 is 4.74 Å². The third-order valence-electron chi connectivity index (χ3n) is 2.96. The molecule has 108 valence electrons. The molecule has 5 heteroatoms. The number of hydrogen-bond acceptors (Lipinski definition) is 3. The summed E-state index contributed by atoms with van der Waals surface area (Å²) in [5, 5.41) is 10.6. The molecule has 1 unspecified atom stereocenters. The van der Waals surface area contributed by atoms with Crippen LogP contribution in [0.25, 0.3) is 6.08 Å². The largest absolute Gasteiger partial charge is 0.495 e. The molecule has 0 aromatic heterocycles.